The largest absolute Gasteiger partial charge is 0.454 e. The van der Waals surface area contributed by atoms with Crippen LogP contribution < -0.4 is 0 Å². The monoisotopic (exact) mass is 138 g/mol. The normalized spacial score (nSPS) is 30.9. The van der Waals surface area contributed by atoms with E-state index < -0.39 is 0 Å². The minimum absolute atomic E-state index is 0.0975. The Labute approximate surface area is 59.9 Å². The van der Waals surface area contributed by atoms with Crippen molar-refractivity contribution in [2.75, 3.05) is 0 Å². The van der Waals surface area contributed by atoms with Crippen molar-refractivity contribution >= 4 is 5.97 Å². The lowest BCUT2D eigenvalue weighted by molar-refractivity contribution is -0.139. The maximum atomic E-state index is 10.9. The van der Waals surface area contributed by atoms with Crippen LogP contribution in [0, 0.1) is 0 Å². The average Bonchev–Trinajstić information content (AvgIpc) is 2.41. The summed E-state index contributed by atoms with van der Waals surface area (Å²) in [7, 11) is 0. The summed E-state index contributed by atoms with van der Waals surface area (Å²) in [6.45, 7) is 1.86. The van der Waals surface area contributed by atoms with E-state index in [1.807, 2.05) is 6.92 Å². The van der Waals surface area contributed by atoms with E-state index in [2.05, 4.69) is 0 Å². The number of hydrogen-bond acceptors (Lipinski definition) is 2. The van der Waals surface area contributed by atoms with E-state index in [1.165, 1.54) is 12.0 Å². The first-order valence-corrected chi connectivity index (χ1v) is 3.69. The Hall–Kier alpha value is -0.790. The Morgan fingerprint density at radius 1 is 1.60 bits per heavy atom. The van der Waals surface area contributed by atoms with Crippen molar-refractivity contribution in [3.8, 4) is 0 Å². The highest BCUT2D eigenvalue weighted by atomic mass is 16.5. The van der Waals surface area contributed by atoms with Gasteiger partial charge in [0.15, 0.2) is 0 Å². The predicted octanol–water partition coefficient (Wildman–Crippen LogP) is 1.41. The molecule has 1 aliphatic heterocycles. The highest BCUT2D eigenvalue weighted by molar-refractivity contribution is 5.91. The minimum Gasteiger partial charge on any atom is -0.454 e. The lowest BCUT2D eigenvalue weighted by atomic mass is 10.1. The molecule has 0 bridgehead atoms. The molecule has 0 aromatic heterocycles. The third kappa shape index (κ3) is 0.618. The molecule has 1 atom stereocenters. The van der Waals surface area contributed by atoms with Crippen molar-refractivity contribution in [1.82, 2.24) is 0 Å². The Morgan fingerprint density at radius 2 is 2.40 bits per heavy atom. The molecular formula is C8H10O2. The Kier molecular flexibility index (Phi) is 1.10. The fourth-order valence-corrected chi connectivity index (χ4v) is 1.72. The van der Waals surface area contributed by atoms with Gasteiger partial charge >= 0.3 is 5.97 Å². The second kappa shape index (κ2) is 1.84. The molecule has 1 unspecified atom stereocenters. The van der Waals surface area contributed by atoms with Gasteiger partial charge in [-0.1, -0.05) is 0 Å². The molecule has 0 radical (unpaired) electrons. The van der Waals surface area contributed by atoms with E-state index >= 15 is 0 Å². The first-order valence-electron chi connectivity index (χ1n) is 3.69. The van der Waals surface area contributed by atoms with Gasteiger partial charge in [0, 0.05) is 5.57 Å². The van der Waals surface area contributed by atoms with Gasteiger partial charge in [0.05, 0.1) is 0 Å². The molecule has 0 aromatic carbocycles. The van der Waals surface area contributed by atoms with Crippen molar-refractivity contribution in [2.45, 2.75) is 32.3 Å². The average molecular weight is 138 g/mol. The first-order chi connectivity index (χ1) is 4.79. The first kappa shape index (κ1) is 5.96. The van der Waals surface area contributed by atoms with Crippen molar-refractivity contribution in [2.24, 2.45) is 0 Å². The van der Waals surface area contributed by atoms with Crippen LogP contribution in [0.4, 0.5) is 0 Å². The summed E-state index contributed by atoms with van der Waals surface area (Å²) in [5.41, 5.74) is 2.12. The van der Waals surface area contributed by atoms with Crippen LogP contribution in [-0.4, -0.2) is 12.1 Å². The summed E-state index contributed by atoms with van der Waals surface area (Å²) >= 11 is 0. The molecule has 10 heavy (non-hydrogen) atoms. The van der Waals surface area contributed by atoms with Crippen molar-refractivity contribution < 1.29 is 9.53 Å². The number of esters is 1. The summed E-state index contributed by atoms with van der Waals surface area (Å²) in [6, 6.07) is 0. The molecule has 2 rings (SSSR count). The van der Waals surface area contributed by atoms with Crippen LogP contribution in [0.15, 0.2) is 11.1 Å². The number of carbonyl (C=O) groups excluding carboxylic acids is 1. The molecule has 0 N–H and O–H groups in total. The predicted molar refractivity (Wildman–Crippen MR) is 36.4 cm³/mol. The number of rotatable bonds is 0. The van der Waals surface area contributed by atoms with Gasteiger partial charge in [-0.15, -0.1) is 0 Å². The molecule has 0 aromatic rings. The standard InChI is InChI=1S/C8H10O2/c1-5-6-3-2-4-7(6)10-8(5)9/h7H,2-4H2,1H3. The van der Waals surface area contributed by atoms with Gasteiger partial charge in [-0.3, -0.25) is 0 Å². The van der Waals surface area contributed by atoms with E-state index in [0.717, 1.165) is 18.4 Å². The Balaban J connectivity index is 2.37. The van der Waals surface area contributed by atoms with E-state index in [-0.39, 0.29) is 12.1 Å². The maximum absolute atomic E-state index is 10.9. The zero-order valence-corrected chi connectivity index (χ0v) is 6.02. The van der Waals surface area contributed by atoms with E-state index in [4.69, 9.17) is 4.74 Å². The summed E-state index contributed by atoms with van der Waals surface area (Å²) in [5.74, 6) is -0.0975. The van der Waals surface area contributed by atoms with Crippen molar-refractivity contribution in [1.29, 1.82) is 0 Å². The van der Waals surface area contributed by atoms with Crippen LogP contribution in [0.1, 0.15) is 26.2 Å². The van der Waals surface area contributed by atoms with E-state index in [0.29, 0.717) is 0 Å². The van der Waals surface area contributed by atoms with Gasteiger partial charge in [-0.2, -0.15) is 0 Å². The summed E-state index contributed by atoms with van der Waals surface area (Å²) in [4.78, 5) is 10.9. The summed E-state index contributed by atoms with van der Waals surface area (Å²) in [6.07, 6.45) is 3.46. The van der Waals surface area contributed by atoms with Crippen LogP contribution in [0.3, 0.4) is 0 Å². The lowest BCUT2D eigenvalue weighted by Gasteiger charge is -2.01. The summed E-state index contributed by atoms with van der Waals surface area (Å²) in [5, 5.41) is 0. The molecule has 2 aliphatic rings. The fraction of sp³-hybridized carbons (Fsp3) is 0.625. The smallest absolute Gasteiger partial charge is 0.334 e. The van der Waals surface area contributed by atoms with Crippen molar-refractivity contribution in [3.05, 3.63) is 11.1 Å². The molecular weight excluding hydrogens is 128 g/mol. The number of carbonyl (C=O) groups is 1. The van der Waals surface area contributed by atoms with E-state index in [1.54, 1.807) is 0 Å². The highest BCUT2D eigenvalue weighted by Crippen LogP contribution is 2.35. The quantitative estimate of drug-likeness (QED) is 0.473. The molecule has 0 amide bonds. The molecule has 2 nitrogen and oxygen atoms in total. The third-order valence-electron chi connectivity index (χ3n) is 2.34. The van der Waals surface area contributed by atoms with Gasteiger partial charge in [0.2, 0.25) is 0 Å². The molecule has 1 aliphatic carbocycles. The molecule has 1 fully saturated rings. The van der Waals surface area contributed by atoms with Crippen molar-refractivity contribution in [3.63, 3.8) is 0 Å². The maximum Gasteiger partial charge on any atom is 0.334 e. The lowest BCUT2D eigenvalue weighted by Crippen LogP contribution is -2.05. The summed E-state index contributed by atoms with van der Waals surface area (Å²) < 4.78 is 5.08. The topological polar surface area (TPSA) is 26.3 Å². The number of fused-ring (bicyclic) bond motifs is 1. The molecule has 1 heterocycles. The molecule has 54 valence electrons. The molecule has 0 spiro atoms. The molecule has 2 heteroatoms. The van der Waals surface area contributed by atoms with Crippen LogP contribution in [-0.2, 0) is 9.53 Å². The second-order valence-corrected chi connectivity index (χ2v) is 2.94. The van der Waals surface area contributed by atoms with Crippen LogP contribution in [0.5, 0.6) is 0 Å². The fourth-order valence-electron chi connectivity index (χ4n) is 1.72. The SMILES string of the molecule is CC1=C2CCCC2OC1=O. The van der Waals surface area contributed by atoms with Crippen LogP contribution >= 0.6 is 0 Å². The molecule has 0 saturated heterocycles. The van der Waals surface area contributed by atoms with Gasteiger partial charge in [-0.05, 0) is 31.8 Å². The number of ether oxygens (including phenoxy) is 1. The van der Waals surface area contributed by atoms with E-state index in [9.17, 15) is 4.79 Å². The Bertz CT molecular complexity index is 215. The van der Waals surface area contributed by atoms with Crippen LogP contribution in [0.2, 0.25) is 0 Å². The molecule has 1 saturated carbocycles. The number of hydrogen-bond donors (Lipinski definition) is 0. The Morgan fingerprint density at radius 3 is 3.10 bits per heavy atom. The van der Waals surface area contributed by atoms with Gasteiger partial charge in [0.25, 0.3) is 0 Å². The zero-order chi connectivity index (χ0) is 7.14. The minimum atomic E-state index is -0.0975. The highest BCUT2D eigenvalue weighted by Gasteiger charge is 2.34. The van der Waals surface area contributed by atoms with Gasteiger partial charge in [-0.25, -0.2) is 4.79 Å². The van der Waals surface area contributed by atoms with Crippen LogP contribution in [0.25, 0.3) is 0 Å². The second-order valence-electron chi connectivity index (χ2n) is 2.94. The van der Waals surface area contributed by atoms with Gasteiger partial charge in [0.1, 0.15) is 6.10 Å². The zero-order valence-electron chi connectivity index (χ0n) is 6.02. The third-order valence-corrected chi connectivity index (χ3v) is 2.34. The van der Waals surface area contributed by atoms with Gasteiger partial charge < -0.3 is 4.74 Å².